The molecular formula is C30H31ClF3N3O2. The Balaban J connectivity index is 1.31. The summed E-state index contributed by atoms with van der Waals surface area (Å²) in [5, 5.41) is 1.73. The molecule has 0 aliphatic carbocycles. The molecule has 3 aromatic carbocycles. The molecule has 5 nitrogen and oxygen atoms in total. The second-order valence-corrected chi connectivity index (χ2v) is 10.3. The van der Waals surface area contributed by atoms with Gasteiger partial charge in [0.25, 0.3) is 0 Å². The van der Waals surface area contributed by atoms with Gasteiger partial charge in [-0.2, -0.15) is 0 Å². The predicted octanol–water partition coefficient (Wildman–Crippen LogP) is 7.25. The molecule has 4 aromatic rings. The van der Waals surface area contributed by atoms with Gasteiger partial charge in [-0.25, -0.2) is 0 Å². The third-order valence-electron chi connectivity index (χ3n) is 6.99. The predicted molar refractivity (Wildman–Crippen MR) is 148 cm³/mol. The third-order valence-corrected chi connectivity index (χ3v) is 7.22. The number of likely N-dealkylation sites (tertiary alicyclic amines) is 1. The molecular weight excluding hydrogens is 527 g/mol. The minimum atomic E-state index is -4.72. The Kier molecular flexibility index (Phi) is 8.35. The quantitative estimate of drug-likeness (QED) is 0.235. The van der Waals surface area contributed by atoms with E-state index in [1.165, 1.54) is 17.7 Å². The van der Waals surface area contributed by atoms with Gasteiger partial charge < -0.3 is 19.8 Å². The third kappa shape index (κ3) is 7.06. The molecule has 2 heterocycles. The monoisotopic (exact) mass is 557 g/mol. The Morgan fingerprint density at radius 3 is 2.41 bits per heavy atom. The van der Waals surface area contributed by atoms with Crippen LogP contribution >= 0.6 is 11.6 Å². The first-order valence-corrected chi connectivity index (χ1v) is 13.5. The van der Waals surface area contributed by atoms with E-state index >= 15 is 0 Å². The molecule has 206 valence electrons. The van der Waals surface area contributed by atoms with Crippen molar-refractivity contribution in [3.63, 3.8) is 0 Å². The summed E-state index contributed by atoms with van der Waals surface area (Å²) in [6, 6.07) is 20.0. The highest BCUT2D eigenvalue weighted by atomic mass is 35.5. The molecule has 0 radical (unpaired) electrons. The van der Waals surface area contributed by atoms with Gasteiger partial charge in [0.15, 0.2) is 0 Å². The number of fused-ring (bicyclic) bond motifs is 1. The standard InChI is InChI=1S/C30H31ClF3N3O2/c31-23-3-1-4-26(18-23)38-24-11-15-36(16-12-24)19-21-5-10-29-27(17-21)28(20-37(29)14-2-13-35)22-6-8-25(9-7-22)39-30(32,33)34/h1,3-10,17-18,20,24H,2,11-16,19,35H2. The Labute approximate surface area is 230 Å². The van der Waals surface area contributed by atoms with Crippen LogP contribution in [0.15, 0.2) is 72.9 Å². The first-order chi connectivity index (χ1) is 18.8. The summed E-state index contributed by atoms with van der Waals surface area (Å²) in [5.74, 6) is 0.567. The van der Waals surface area contributed by atoms with Crippen LogP contribution in [0, 0.1) is 0 Å². The zero-order valence-corrected chi connectivity index (χ0v) is 22.2. The van der Waals surface area contributed by atoms with Gasteiger partial charge >= 0.3 is 6.36 Å². The maximum atomic E-state index is 12.6. The number of halogens is 4. The molecule has 1 aliphatic rings. The molecule has 0 amide bonds. The van der Waals surface area contributed by atoms with Crippen LogP contribution in [0.2, 0.25) is 5.02 Å². The van der Waals surface area contributed by atoms with Crippen molar-refractivity contribution in [2.75, 3.05) is 19.6 Å². The minimum absolute atomic E-state index is 0.162. The number of benzene rings is 3. The number of rotatable bonds is 9. The lowest BCUT2D eigenvalue weighted by molar-refractivity contribution is -0.274. The second kappa shape index (κ2) is 11.9. The largest absolute Gasteiger partial charge is 0.573 e. The van der Waals surface area contributed by atoms with Crippen molar-refractivity contribution in [1.29, 1.82) is 0 Å². The Hall–Kier alpha value is -3.20. The summed E-state index contributed by atoms with van der Waals surface area (Å²) >= 11 is 6.08. The van der Waals surface area contributed by atoms with E-state index in [2.05, 4.69) is 38.6 Å². The maximum Gasteiger partial charge on any atom is 0.573 e. The lowest BCUT2D eigenvalue weighted by Crippen LogP contribution is -2.37. The van der Waals surface area contributed by atoms with Crippen LogP contribution in [0.3, 0.4) is 0 Å². The Morgan fingerprint density at radius 2 is 1.72 bits per heavy atom. The number of hydrogen-bond acceptors (Lipinski definition) is 4. The number of alkyl halides is 3. The fraction of sp³-hybridized carbons (Fsp3) is 0.333. The van der Waals surface area contributed by atoms with Crippen LogP contribution in [0.5, 0.6) is 11.5 Å². The summed E-state index contributed by atoms with van der Waals surface area (Å²) in [6.45, 7) is 4.00. The van der Waals surface area contributed by atoms with Gasteiger partial charge in [-0.05, 0) is 79.4 Å². The molecule has 9 heteroatoms. The SMILES string of the molecule is NCCCn1cc(-c2ccc(OC(F)(F)F)cc2)c2cc(CN3CCC(Oc4cccc(Cl)c4)CC3)ccc21. The average Bonchev–Trinajstić information content (AvgIpc) is 3.26. The van der Waals surface area contributed by atoms with Crippen LogP contribution in [0.25, 0.3) is 22.0 Å². The molecule has 0 bridgehead atoms. The number of nitrogens with two attached hydrogens (primary N) is 1. The average molecular weight is 558 g/mol. The molecule has 1 saturated heterocycles. The summed E-state index contributed by atoms with van der Waals surface area (Å²) in [7, 11) is 0. The first kappa shape index (κ1) is 27.4. The molecule has 0 unspecified atom stereocenters. The van der Waals surface area contributed by atoms with Gasteiger partial charge in [0.2, 0.25) is 0 Å². The number of ether oxygens (including phenoxy) is 2. The normalized spacial score (nSPS) is 15.1. The van der Waals surface area contributed by atoms with Gasteiger partial charge in [-0.1, -0.05) is 35.9 Å². The van der Waals surface area contributed by atoms with E-state index in [1.54, 1.807) is 12.1 Å². The van der Waals surface area contributed by atoms with Crippen LogP contribution in [0.1, 0.15) is 24.8 Å². The molecule has 0 atom stereocenters. The van der Waals surface area contributed by atoms with Crippen LogP contribution < -0.4 is 15.2 Å². The highest BCUT2D eigenvalue weighted by molar-refractivity contribution is 6.30. The molecule has 0 saturated carbocycles. The Bertz CT molecular complexity index is 1400. The number of hydrogen-bond donors (Lipinski definition) is 1. The fourth-order valence-electron chi connectivity index (χ4n) is 5.13. The second-order valence-electron chi connectivity index (χ2n) is 9.85. The summed E-state index contributed by atoms with van der Waals surface area (Å²) in [5.41, 5.74) is 9.81. The molecule has 1 aromatic heterocycles. The lowest BCUT2D eigenvalue weighted by Gasteiger charge is -2.32. The topological polar surface area (TPSA) is 52.7 Å². The van der Waals surface area contributed by atoms with Crippen molar-refractivity contribution in [3.05, 3.63) is 83.5 Å². The molecule has 5 rings (SSSR count). The van der Waals surface area contributed by atoms with Crippen molar-refractivity contribution in [1.82, 2.24) is 9.47 Å². The highest BCUT2D eigenvalue weighted by Crippen LogP contribution is 2.34. The number of nitrogens with zero attached hydrogens (tertiary/aromatic N) is 2. The number of aromatic nitrogens is 1. The van der Waals surface area contributed by atoms with E-state index in [4.69, 9.17) is 22.1 Å². The number of aryl methyl sites for hydroxylation is 1. The van der Waals surface area contributed by atoms with E-state index in [-0.39, 0.29) is 11.9 Å². The summed E-state index contributed by atoms with van der Waals surface area (Å²) < 4.78 is 50.2. The number of piperidine rings is 1. The molecule has 1 fully saturated rings. The molecule has 39 heavy (non-hydrogen) atoms. The zero-order chi connectivity index (χ0) is 27.4. The minimum Gasteiger partial charge on any atom is -0.490 e. The lowest BCUT2D eigenvalue weighted by atomic mass is 10.0. The van der Waals surface area contributed by atoms with E-state index in [0.29, 0.717) is 11.6 Å². The van der Waals surface area contributed by atoms with Crippen LogP contribution in [0.4, 0.5) is 13.2 Å². The van der Waals surface area contributed by atoms with Crippen LogP contribution in [-0.4, -0.2) is 41.6 Å². The molecule has 0 spiro atoms. The van der Waals surface area contributed by atoms with Crippen molar-refractivity contribution in [2.24, 2.45) is 5.73 Å². The zero-order valence-electron chi connectivity index (χ0n) is 21.5. The van der Waals surface area contributed by atoms with Gasteiger partial charge in [-0.15, -0.1) is 13.2 Å². The van der Waals surface area contributed by atoms with Crippen molar-refractivity contribution in [2.45, 2.75) is 44.8 Å². The molecule has 2 N–H and O–H groups in total. The van der Waals surface area contributed by atoms with Crippen LogP contribution in [-0.2, 0) is 13.1 Å². The van der Waals surface area contributed by atoms with Crippen molar-refractivity contribution < 1.29 is 22.6 Å². The van der Waals surface area contributed by atoms with Gasteiger partial charge in [0.05, 0.1) is 0 Å². The first-order valence-electron chi connectivity index (χ1n) is 13.1. The smallest absolute Gasteiger partial charge is 0.490 e. The van der Waals surface area contributed by atoms with E-state index < -0.39 is 6.36 Å². The van der Waals surface area contributed by atoms with Gasteiger partial charge in [0.1, 0.15) is 17.6 Å². The fourth-order valence-corrected chi connectivity index (χ4v) is 5.31. The highest BCUT2D eigenvalue weighted by Gasteiger charge is 2.31. The maximum absolute atomic E-state index is 12.6. The summed E-state index contributed by atoms with van der Waals surface area (Å²) in [4.78, 5) is 2.42. The van der Waals surface area contributed by atoms with E-state index in [1.807, 2.05) is 24.3 Å². The van der Waals surface area contributed by atoms with Crippen molar-refractivity contribution >= 4 is 22.5 Å². The van der Waals surface area contributed by atoms with Gasteiger partial charge in [0, 0.05) is 53.9 Å². The summed E-state index contributed by atoms with van der Waals surface area (Å²) in [6.07, 6.45) is 0.196. The van der Waals surface area contributed by atoms with Gasteiger partial charge in [-0.3, -0.25) is 4.90 Å². The van der Waals surface area contributed by atoms with Crippen molar-refractivity contribution in [3.8, 4) is 22.6 Å². The Morgan fingerprint density at radius 1 is 0.949 bits per heavy atom. The molecule has 1 aliphatic heterocycles. The van der Waals surface area contributed by atoms with E-state index in [0.717, 1.165) is 73.2 Å². The van der Waals surface area contributed by atoms with E-state index in [9.17, 15) is 13.2 Å².